The number of carboxylic acid groups (broad SMARTS) is 1. The number of hydrogen-bond acceptors (Lipinski definition) is 4. The van der Waals surface area contributed by atoms with Crippen LogP contribution in [0.2, 0.25) is 0 Å². The maximum atomic E-state index is 12.0. The summed E-state index contributed by atoms with van der Waals surface area (Å²) in [5.74, 6) is -0.642. The number of Topliss-reactive ketones (excluding diaryl/α,β-unsaturated/α-hetero) is 1. The van der Waals surface area contributed by atoms with Crippen molar-refractivity contribution in [2.75, 3.05) is 5.75 Å². The number of aryl methyl sites for hydroxylation is 1. The van der Waals surface area contributed by atoms with Crippen molar-refractivity contribution in [2.24, 2.45) is 5.92 Å². The summed E-state index contributed by atoms with van der Waals surface area (Å²) in [5.41, 5.74) is 0.740. The first kappa shape index (κ1) is 11.7. The van der Waals surface area contributed by atoms with Crippen LogP contribution in [0.25, 0.3) is 0 Å². The Hall–Kier alpha value is -0.810. The zero-order valence-corrected chi connectivity index (χ0v) is 10.5. The van der Waals surface area contributed by atoms with E-state index in [1.54, 1.807) is 23.1 Å². The lowest BCUT2D eigenvalue weighted by atomic mass is 9.97. The van der Waals surface area contributed by atoms with Gasteiger partial charge in [-0.3, -0.25) is 9.59 Å². The maximum Gasteiger partial charge on any atom is 0.304 e. The van der Waals surface area contributed by atoms with E-state index in [0.717, 1.165) is 16.2 Å². The number of thiophene rings is 1. The summed E-state index contributed by atoms with van der Waals surface area (Å²) >= 11 is 3.27. The smallest absolute Gasteiger partial charge is 0.304 e. The third-order valence-corrected chi connectivity index (χ3v) is 5.30. The number of carboxylic acids is 1. The summed E-state index contributed by atoms with van der Waals surface area (Å²) in [6, 6.07) is 1.92. The molecule has 0 aliphatic carbocycles. The first-order chi connectivity index (χ1) is 7.61. The lowest BCUT2D eigenvalue weighted by Gasteiger charge is -2.18. The van der Waals surface area contributed by atoms with Crippen molar-refractivity contribution >= 4 is 34.9 Å². The van der Waals surface area contributed by atoms with Gasteiger partial charge >= 0.3 is 5.97 Å². The Morgan fingerprint density at radius 2 is 2.38 bits per heavy atom. The van der Waals surface area contributed by atoms with E-state index in [9.17, 15) is 9.59 Å². The molecule has 1 aromatic rings. The average Bonchev–Trinajstić information content (AvgIpc) is 2.65. The van der Waals surface area contributed by atoms with Crippen molar-refractivity contribution in [3.05, 3.63) is 16.5 Å². The molecule has 1 unspecified atom stereocenters. The second-order valence-corrected chi connectivity index (χ2v) is 6.16. The molecule has 1 aliphatic heterocycles. The molecule has 0 saturated carbocycles. The van der Waals surface area contributed by atoms with Gasteiger partial charge in [-0.15, -0.1) is 23.1 Å². The lowest BCUT2D eigenvalue weighted by molar-refractivity contribution is -0.137. The first-order valence-electron chi connectivity index (χ1n) is 5.13. The molecule has 0 amide bonds. The predicted molar refractivity (Wildman–Crippen MR) is 64.5 cm³/mol. The highest BCUT2D eigenvalue weighted by atomic mass is 32.2. The van der Waals surface area contributed by atoms with Gasteiger partial charge in [0.15, 0.2) is 5.78 Å². The van der Waals surface area contributed by atoms with Gasteiger partial charge in [0.05, 0.1) is 10.6 Å². The van der Waals surface area contributed by atoms with Crippen LogP contribution in [0.3, 0.4) is 0 Å². The van der Waals surface area contributed by atoms with Crippen LogP contribution in [-0.2, 0) is 11.2 Å². The molecule has 0 spiro atoms. The molecule has 0 fully saturated rings. The molecule has 0 aromatic carbocycles. The fourth-order valence-electron chi connectivity index (χ4n) is 1.71. The van der Waals surface area contributed by atoms with E-state index in [0.29, 0.717) is 5.75 Å². The largest absolute Gasteiger partial charge is 0.481 e. The third kappa shape index (κ3) is 2.15. The van der Waals surface area contributed by atoms with E-state index in [4.69, 9.17) is 5.11 Å². The summed E-state index contributed by atoms with van der Waals surface area (Å²) in [4.78, 5) is 23.8. The van der Waals surface area contributed by atoms with E-state index in [1.807, 2.05) is 6.07 Å². The maximum absolute atomic E-state index is 12.0. The second-order valence-electron chi connectivity index (χ2n) is 3.74. The standard InChI is InChI=1S/C11H12O3S2/c1-2-7-4-8-10(14)6(3-9(12)13)5-15-11(8)16-7/h4,6H,2-3,5H2,1H3,(H,12,13). The highest BCUT2D eigenvalue weighted by Gasteiger charge is 2.31. The molecule has 0 bridgehead atoms. The van der Waals surface area contributed by atoms with Gasteiger partial charge in [-0.25, -0.2) is 0 Å². The molecule has 1 N–H and O–H groups in total. The Morgan fingerprint density at radius 1 is 1.62 bits per heavy atom. The van der Waals surface area contributed by atoms with Crippen LogP contribution < -0.4 is 0 Å². The van der Waals surface area contributed by atoms with Crippen molar-refractivity contribution in [3.8, 4) is 0 Å². The minimum absolute atomic E-state index is 0.00657. The molecule has 1 atom stereocenters. The van der Waals surface area contributed by atoms with Crippen LogP contribution in [0.5, 0.6) is 0 Å². The second kappa shape index (κ2) is 4.59. The molecule has 0 saturated heterocycles. The van der Waals surface area contributed by atoms with Gasteiger partial charge in [-0.1, -0.05) is 6.92 Å². The number of thioether (sulfide) groups is 1. The molecule has 3 nitrogen and oxygen atoms in total. The summed E-state index contributed by atoms with van der Waals surface area (Å²) in [7, 11) is 0. The number of ketones is 1. The lowest BCUT2D eigenvalue weighted by Crippen LogP contribution is -2.23. The third-order valence-electron chi connectivity index (χ3n) is 2.57. The van der Waals surface area contributed by atoms with Gasteiger partial charge < -0.3 is 5.11 Å². The summed E-state index contributed by atoms with van der Waals surface area (Å²) in [5, 5.41) is 8.72. The molecule has 86 valence electrons. The fraction of sp³-hybridized carbons (Fsp3) is 0.455. The Kier molecular flexibility index (Phi) is 3.35. The molecular formula is C11H12O3S2. The van der Waals surface area contributed by atoms with Crippen molar-refractivity contribution in [1.29, 1.82) is 0 Å². The Labute approximate surface area is 102 Å². The molecular weight excluding hydrogens is 244 g/mol. The highest BCUT2D eigenvalue weighted by Crippen LogP contribution is 2.40. The van der Waals surface area contributed by atoms with Gasteiger partial charge in [0.2, 0.25) is 0 Å². The number of rotatable bonds is 3. The average molecular weight is 256 g/mol. The van der Waals surface area contributed by atoms with Crippen LogP contribution in [0.1, 0.15) is 28.6 Å². The normalized spacial score (nSPS) is 19.6. The Morgan fingerprint density at radius 3 is 3.00 bits per heavy atom. The van der Waals surface area contributed by atoms with Crippen LogP contribution >= 0.6 is 23.1 Å². The quantitative estimate of drug-likeness (QED) is 0.903. The van der Waals surface area contributed by atoms with E-state index in [-0.39, 0.29) is 18.1 Å². The Balaban J connectivity index is 2.24. The van der Waals surface area contributed by atoms with Crippen LogP contribution in [0, 0.1) is 5.92 Å². The highest BCUT2D eigenvalue weighted by molar-refractivity contribution is 8.01. The minimum atomic E-state index is -0.895. The monoisotopic (exact) mass is 256 g/mol. The first-order valence-corrected chi connectivity index (χ1v) is 6.93. The molecule has 0 radical (unpaired) electrons. The van der Waals surface area contributed by atoms with Crippen LogP contribution in [-0.4, -0.2) is 22.6 Å². The van der Waals surface area contributed by atoms with Crippen molar-refractivity contribution in [2.45, 2.75) is 24.0 Å². The molecule has 1 aromatic heterocycles. The van der Waals surface area contributed by atoms with Gasteiger partial charge in [-0.05, 0) is 12.5 Å². The van der Waals surface area contributed by atoms with E-state index >= 15 is 0 Å². The van der Waals surface area contributed by atoms with Crippen molar-refractivity contribution in [3.63, 3.8) is 0 Å². The number of fused-ring (bicyclic) bond motifs is 1. The van der Waals surface area contributed by atoms with Crippen molar-refractivity contribution < 1.29 is 14.7 Å². The minimum Gasteiger partial charge on any atom is -0.481 e. The summed E-state index contributed by atoms with van der Waals surface area (Å²) in [6.45, 7) is 2.06. The zero-order valence-electron chi connectivity index (χ0n) is 8.86. The Bertz CT molecular complexity index is 436. The topological polar surface area (TPSA) is 54.4 Å². The van der Waals surface area contributed by atoms with Crippen LogP contribution in [0.4, 0.5) is 0 Å². The molecule has 1 aliphatic rings. The zero-order chi connectivity index (χ0) is 11.7. The summed E-state index contributed by atoms with van der Waals surface area (Å²) in [6.07, 6.45) is 0.873. The van der Waals surface area contributed by atoms with Crippen molar-refractivity contribution in [1.82, 2.24) is 0 Å². The van der Waals surface area contributed by atoms with E-state index in [1.165, 1.54) is 4.88 Å². The van der Waals surface area contributed by atoms with Gasteiger partial charge in [0.25, 0.3) is 0 Å². The molecule has 2 heterocycles. The molecule has 16 heavy (non-hydrogen) atoms. The SMILES string of the molecule is CCc1cc2c(s1)SCC(CC(=O)O)C2=O. The predicted octanol–water partition coefficient (Wildman–Crippen LogP) is 2.69. The van der Waals surface area contributed by atoms with Gasteiger partial charge in [0.1, 0.15) is 0 Å². The molecule has 5 heteroatoms. The fourth-order valence-corrected chi connectivity index (χ4v) is 4.24. The molecule has 2 rings (SSSR count). The number of carbonyl (C=O) groups is 2. The van der Waals surface area contributed by atoms with Gasteiger partial charge in [-0.2, -0.15) is 0 Å². The number of aliphatic carboxylic acids is 1. The van der Waals surface area contributed by atoms with E-state index < -0.39 is 5.97 Å². The van der Waals surface area contributed by atoms with E-state index in [2.05, 4.69) is 6.92 Å². The summed E-state index contributed by atoms with van der Waals surface area (Å²) < 4.78 is 1.06. The van der Waals surface area contributed by atoms with Crippen LogP contribution in [0.15, 0.2) is 10.3 Å². The number of hydrogen-bond donors (Lipinski definition) is 1. The number of carbonyl (C=O) groups excluding carboxylic acids is 1. The van der Waals surface area contributed by atoms with Gasteiger partial charge in [0, 0.05) is 22.1 Å².